The van der Waals surface area contributed by atoms with Crippen molar-refractivity contribution in [1.82, 2.24) is 0 Å². The van der Waals surface area contributed by atoms with Gasteiger partial charge in [-0.15, -0.1) is 0 Å². The molecule has 0 spiro atoms. The highest BCUT2D eigenvalue weighted by Crippen LogP contribution is 2.39. The average molecular weight is 440 g/mol. The van der Waals surface area contributed by atoms with Gasteiger partial charge in [0.15, 0.2) is 16.6 Å². The second-order valence-corrected chi connectivity index (χ2v) is 8.45. The van der Waals surface area contributed by atoms with E-state index in [1.807, 2.05) is 0 Å². The summed E-state index contributed by atoms with van der Waals surface area (Å²) in [7, 11) is -1.74. The molecule has 2 aromatic carbocycles. The summed E-state index contributed by atoms with van der Waals surface area (Å²) in [6.07, 6.45) is -4.82. The van der Waals surface area contributed by atoms with Gasteiger partial charge in [-0.3, -0.25) is 4.31 Å². The molecule has 0 saturated heterocycles. The van der Waals surface area contributed by atoms with Crippen molar-refractivity contribution in [2.75, 3.05) is 4.31 Å². The van der Waals surface area contributed by atoms with Crippen molar-refractivity contribution in [3.63, 3.8) is 0 Å². The van der Waals surface area contributed by atoms with E-state index in [0.29, 0.717) is 17.5 Å². The molecule has 2 unspecified atom stereocenters. The van der Waals surface area contributed by atoms with Gasteiger partial charge >= 0.3 is 6.18 Å². The van der Waals surface area contributed by atoms with Gasteiger partial charge in [-0.2, -0.15) is 13.2 Å². The molecule has 27 heavy (non-hydrogen) atoms. The number of anilines is 1. The van der Waals surface area contributed by atoms with Gasteiger partial charge in [-0.1, -0.05) is 41.4 Å². The average Bonchev–Trinajstić information content (AvgIpc) is 2.56. The summed E-state index contributed by atoms with van der Waals surface area (Å²) >= 11 is 12.1. The molecule has 3 nitrogen and oxygen atoms in total. The van der Waals surface area contributed by atoms with Crippen LogP contribution in [0.3, 0.4) is 0 Å². The Morgan fingerprint density at radius 1 is 1.07 bits per heavy atom. The summed E-state index contributed by atoms with van der Waals surface area (Å²) in [6, 6.07) is 9.58. The van der Waals surface area contributed by atoms with Gasteiger partial charge in [0.2, 0.25) is 0 Å². The Morgan fingerprint density at radius 2 is 1.63 bits per heavy atom. The summed E-state index contributed by atoms with van der Waals surface area (Å²) in [5.41, 5.74) is -2.88. The van der Waals surface area contributed by atoms with Crippen LogP contribution in [0.15, 0.2) is 47.4 Å². The van der Waals surface area contributed by atoms with Gasteiger partial charge in [-0.05, 0) is 50.6 Å². The van der Waals surface area contributed by atoms with Gasteiger partial charge < -0.3 is 5.11 Å². The van der Waals surface area contributed by atoms with Crippen LogP contribution in [0, 0.1) is 0 Å². The minimum Gasteiger partial charge on any atom is -0.376 e. The van der Waals surface area contributed by atoms with Crippen molar-refractivity contribution in [2.45, 2.75) is 43.5 Å². The fourth-order valence-corrected chi connectivity index (χ4v) is 4.33. The lowest BCUT2D eigenvalue weighted by molar-refractivity contribution is -0.258. The van der Waals surface area contributed by atoms with Gasteiger partial charge in [0.05, 0.1) is 14.9 Å². The first kappa shape index (κ1) is 22.0. The molecule has 148 valence electrons. The van der Waals surface area contributed by atoms with E-state index in [9.17, 15) is 22.5 Å². The summed E-state index contributed by atoms with van der Waals surface area (Å²) < 4.78 is 53.6. The molecular formula is C18H18Cl2F3NO2S. The monoisotopic (exact) mass is 439 g/mol. The number of nitrogens with zero attached hydrogens (tertiary/aromatic N) is 1. The van der Waals surface area contributed by atoms with Crippen molar-refractivity contribution in [2.24, 2.45) is 0 Å². The molecule has 0 fully saturated rings. The second-order valence-electron chi connectivity index (χ2n) is 6.34. The third-order valence-electron chi connectivity index (χ3n) is 3.99. The van der Waals surface area contributed by atoms with Crippen LogP contribution in [0.1, 0.15) is 26.3 Å². The van der Waals surface area contributed by atoms with Crippen LogP contribution in [0.4, 0.5) is 18.9 Å². The molecule has 0 bridgehead atoms. The number of benzene rings is 2. The smallest absolute Gasteiger partial charge is 0.376 e. The van der Waals surface area contributed by atoms with E-state index >= 15 is 0 Å². The number of rotatable bonds is 5. The first-order chi connectivity index (χ1) is 12.4. The van der Waals surface area contributed by atoms with Gasteiger partial charge in [0, 0.05) is 11.7 Å². The topological polar surface area (TPSA) is 40.5 Å². The van der Waals surface area contributed by atoms with Crippen LogP contribution in [-0.2, 0) is 16.6 Å². The van der Waals surface area contributed by atoms with Crippen LogP contribution >= 0.6 is 23.2 Å². The Bertz CT molecular complexity index is 839. The Morgan fingerprint density at radius 3 is 2.11 bits per heavy atom. The van der Waals surface area contributed by atoms with E-state index in [1.165, 1.54) is 16.4 Å². The van der Waals surface area contributed by atoms with Gasteiger partial charge in [0.25, 0.3) is 0 Å². The minimum atomic E-state index is -4.82. The molecule has 0 saturated carbocycles. The van der Waals surface area contributed by atoms with E-state index in [-0.39, 0.29) is 21.7 Å². The standard InChI is InChI=1S/C18H18Cl2F3NO2S/c1-11(2)24(27(26)15-6-4-5-14(19)16(15)20)13-9-7-12(8-10-13)17(3,25)18(21,22)23/h4-11,25H,1-3H3. The van der Waals surface area contributed by atoms with E-state index in [0.717, 1.165) is 12.1 Å². The van der Waals surface area contributed by atoms with Crippen LogP contribution in [0.2, 0.25) is 10.0 Å². The molecule has 0 aliphatic carbocycles. The predicted octanol–water partition coefficient (Wildman–Crippen LogP) is 5.70. The number of halogens is 5. The quantitative estimate of drug-likeness (QED) is 0.648. The second kappa shape index (κ2) is 7.99. The maximum atomic E-state index is 13.1. The number of alkyl halides is 3. The highest BCUT2D eigenvalue weighted by atomic mass is 35.5. The Kier molecular flexibility index (Phi) is 6.52. The summed E-state index contributed by atoms with van der Waals surface area (Å²) in [5.74, 6) is 0. The molecule has 2 rings (SSSR count). The maximum Gasteiger partial charge on any atom is 0.421 e. The summed E-state index contributed by atoms with van der Waals surface area (Å²) in [5, 5.41) is 10.2. The van der Waals surface area contributed by atoms with Crippen LogP contribution in [0.25, 0.3) is 0 Å². The lowest BCUT2D eigenvalue weighted by Crippen LogP contribution is -2.39. The Hall–Kier alpha value is -1.28. The Labute approximate surface area is 168 Å². The van der Waals surface area contributed by atoms with Crippen molar-refractivity contribution in [3.8, 4) is 0 Å². The van der Waals surface area contributed by atoms with E-state index < -0.39 is 22.8 Å². The molecule has 0 radical (unpaired) electrons. The van der Waals surface area contributed by atoms with Crippen molar-refractivity contribution >= 4 is 39.9 Å². The number of aliphatic hydroxyl groups is 1. The lowest BCUT2D eigenvalue weighted by Gasteiger charge is -2.30. The van der Waals surface area contributed by atoms with E-state index in [4.69, 9.17) is 23.2 Å². The first-order valence-electron chi connectivity index (χ1n) is 7.92. The van der Waals surface area contributed by atoms with Crippen molar-refractivity contribution in [3.05, 3.63) is 58.1 Å². The fraction of sp³-hybridized carbons (Fsp3) is 0.333. The fourth-order valence-electron chi connectivity index (χ4n) is 2.41. The largest absolute Gasteiger partial charge is 0.421 e. The molecule has 0 amide bonds. The molecule has 2 atom stereocenters. The zero-order chi connectivity index (χ0) is 20.6. The molecule has 1 N–H and O–H groups in total. The first-order valence-corrected chi connectivity index (χ1v) is 9.79. The highest BCUT2D eigenvalue weighted by Gasteiger charge is 2.51. The van der Waals surface area contributed by atoms with Crippen LogP contribution in [-0.4, -0.2) is 21.5 Å². The predicted molar refractivity (Wildman–Crippen MR) is 103 cm³/mol. The van der Waals surface area contributed by atoms with Crippen molar-refractivity contribution < 1.29 is 22.5 Å². The molecule has 0 heterocycles. The SMILES string of the molecule is CC(C)N(c1ccc(C(C)(O)C(F)(F)F)cc1)S(=O)c1cccc(Cl)c1Cl. The summed E-state index contributed by atoms with van der Waals surface area (Å²) in [6.45, 7) is 4.26. The molecular weight excluding hydrogens is 422 g/mol. The van der Waals surface area contributed by atoms with Crippen LogP contribution < -0.4 is 4.31 Å². The molecule has 9 heteroatoms. The molecule has 0 aliphatic rings. The van der Waals surface area contributed by atoms with Gasteiger partial charge in [0.1, 0.15) is 0 Å². The molecule has 2 aromatic rings. The number of hydrogen-bond acceptors (Lipinski definition) is 2. The third kappa shape index (κ3) is 4.42. The Balaban J connectivity index is 2.44. The normalized spacial score (nSPS) is 15.5. The zero-order valence-corrected chi connectivity index (χ0v) is 17.0. The lowest BCUT2D eigenvalue weighted by atomic mass is 9.95. The highest BCUT2D eigenvalue weighted by molar-refractivity contribution is 7.86. The minimum absolute atomic E-state index is 0.153. The molecule has 0 aliphatic heterocycles. The van der Waals surface area contributed by atoms with E-state index in [2.05, 4.69) is 0 Å². The summed E-state index contributed by atoms with van der Waals surface area (Å²) in [4.78, 5) is 0.296. The molecule has 0 aromatic heterocycles. The zero-order valence-electron chi connectivity index (χ0n) is 14.7. The van der Waals surface area contributed by atoms with Crippen molar-refractivity contribution in [1.29, 1.82) is 0 Å². The van der Waals surface area contributed by atoms with Gasteiger partial charge in [-0.25, -0.2) is 4.21 Å². The maximum absolute atomic E-state index is 13.1. The third-order valence-corrected chi connectivity index (χ3v) is 6.63. The number of hydrogen-bond donors (Lipinski definition) is 1. The van der Waals surface area contributed by atoms with E-state index in [1.54, 1.807) is 32.0 Å². The van der Waals surface area contributed by atoms with Crippen LogP contribution in [0.5, 0.6) is 0 Å².